The molecule has 0 aliphatic rings. The molecule has 0 saturated heterocycles. The van der Waals surface area contributed by atoms with E-state index in [9.17, 15) is 4.79 Å². The number of ether oxygens (including phenoxy) is 2. The van der Waals surface area contributed by atoms with Gasteiger partial charge in [0.1, 0.15) is 18.1 Å². The summed E-state index contributed by atoms with van der Waals surface area (Å²) in [7, 11) is 0. The molecule has 1 N–H and O–H groups in total. The molecule has 23 heavy (non-hydrogen) atoms. The molecule has 0 radical (unpaired) electrons. The van der Waals surface area contributed by atoms with Crippen molar-refractivity contribution in [2.45, 2.75) is 13.8 Å². The predicted molar refractivity (Wildman–Crippen MR) is 91.4 cm³/mol. The number of rotatable bonds is 7. The molecule has 0 unspecified atom stereocenters. The zero-order chi connectivity index (χ0) is 16.7. The number of para-hydroxylation sites is 1. The first-order valence-corrected chi connectivity index (χ1v) is 7.78. The normalized spacial score (nSPS) is 10.2. The SMILES string of the molecule is Cc1ccc(C)c(OCCNC(=O)COc2ccccc2Cl)c1. The molecular weight excluding hydrogens is 314 g/mol. The lowest BCUT2D eigenvalue weighted by molar-refractivity contribution is -0.123. The van der Waals surface area contributed by atoms with E-state index >= 15 is 0 Å². The largest absolute Gasteiger partial charge is 0.491 e. The molecule has 0 aliphatic heterocycles. The maximum Gasteiger partial charge on any atom is 0.258 e. The quantitative estimate of drug-likeness (QED) is 0.788. The highest BCUT2D eigenvalue weighted by atomic mass is 35.5. The third-order valence-electron chi connectivity index (χ3n) is 3.22. The monoisotopic (exact) mass is 333 g/mol. The number of nitrogens with one attached hydrogen (secondary N) is 1. The Kier molecular flexibility index (Phi) is 6.29. The lowest BCUT2D eigenvalue weighted by Crippen LogP contribution is -2.32. The average Bonchev–Trinajstić information content (AvgIpc) is 2.54. The molecule has 0 saturated carbocycles. The maximum atomic E-state index is 11.7. The van der Waals surface area contributed by atoms with Crippen LogP contribution in [0.1, 0.15) is 11.1 Å². The van der Waals surface area contributed by atoms with Gasteiger partial charge in [0.15, 0.2) is 6.61 Å². The number of carbonyl (C=O) groups is 1. The van der Waals surface area contributed by atoms with Gasteiger partial charge < -0.3 is 14.8 Å². The fourth-order valence-corrected chi connectivity index (χ4v) is 2.16. The molecule has 0 fully saturated rings. The molecule has 1 amide bonds. The lowest BCUT2D eigenvalue weighted by atomic mass is 10.1. The highest BCUT2D eigenvalue weighted by Crippen LogP contribution is 2.22. The smallest absolute Gasteiger partial charge is 0.258 e. The predicted octanol–water partition coefficient (Wildman–Crippen LogP) is 3.53. The standard InChI is InChI=1S/C18H20ClNO3/c1-13-7-8-14(2)17(11-13)22-10-9-20-18(21)12-23-16-6-4-3-5-15(16)19/h3-8,11H,9-10,12H2,1-2H3,(H,20,21). The van der Waals surface area contributed by atoms with Crippen LogP contribution in [0.4, 0.5) is 0 Å². The Morgan fingerprint density at radius 1 is 1.09 bits per heavy atom. The van der Waals surface area contributed by atoms with Gasteiger partial charge in [-0.2, -0.15) is 0 Å². The van der Waals surface area contributed by atoms with Gasteiger partial charge in [0, 0.05) is 0 Å². The summed E-state index contributed by atoms with van der Waals surface area (Å²) in [5.74, 6) is 1.12. The Morgan fingerprint density at radius 3 is 2.65 bits per heavy atom. The van der Waals surface area contributed by atoms with Crippen molar-refractivity contribution in [1.29, 1.82) is 0 Å². The van der Waals surface area contributed by atoms with E-state index in [1.807, 2.05) is 32.0 Å². The zero-order valence-electron chi connectivity index (χ0n) is 13.3. The highest BCUT2D eigenvalue weighted by Gasteiger charge is 2.05. The van der Waals surface area contributed by atoms with Crippen LogP contribution in [0.5, 0.6) is 11.5 Å². The Hall–Kier alpha value is -2.20. The van der Waals surface area contributed by atoms with Crippen molar-refractivity contribution in [3.05, 3.63) is 58.6 Å². The van der Waals surface area contributed by atoms with Crippen LogP contribution >= 0.6 is 11.6 Å². The van der Waals surface area contributed by atoms with Gasteiger partial charge in [0.2, 0.25) is 0 Å². The Bertz CT molecular complexity index is 673. The summed E-state index contributed by atoms with van der Waals surface area (Å²) in [6.07, 6.45) is 0. The van der Waals surface area contributed by atoms with Gasteiger partial charge in [-0.15, -0.1) is 0 Å². The molecule has 0 bridgehead atoms. The van der Waals surface area contributed by atoms with E-state index in [-0.39, 0.29) is 12.5 Å². The average molecular weight is 334 g/mol. The van der Waals surface area contributed by atoms with Crippen molar-refractivity contribution >= 4 is 17.5 Å². The molecule has 4 nitrogen and oxygen atoms in total. The van der Waals surface area contributed by atoms with Crippen molar-refractivity contribution in [3.8, 4) is 11.5 Å². The van der Waals surface area contributed by atoms with Crippen molar-refractivity contribution < 1.29 is 14.3 Å². The van der Waals surface area contributed by atoms with Crippen LogP contribution in [-0.4, -0.2) is 25.7 Å². The Labute approximate surface area is 141 Å². The van der Waals surface area contributed by atoms with E-state index < -0.39 is 0 Å². The van der Waals surface area contributed by atoms with E-state index in [1.165, 1.54) is 0 Å². The topological polar surface area (TPSA) is 47.6 Å². The third-order valence-corrected chi connectivity index (χ3v) is 3.53. The van der Waals surface area contributed by atoms with E-state index in [1.54, 1.807) is 24.3 Å². The number of hydrogen-bond acceptors (Lipinski definition) is 3. The number of halogens is 1. The van der Waals surface area contributed by atoms with Crippen molar-refractivity contribution in [2.75, 3.05) is 19.8 Å². The molecule has 5 heteroatoms. The number of hydrogen-bond donors (Lipinski definition) is 1. The van der Waals surface area contributed by atoms with Gasteiger partial charge in [-0.05, 0) is 43.2 Å². The first-order valence-electron chi connectivity index (χ1n) is 7.40. The van der Waals surface area contributed by atoms with E-state index in [4.69, 9.17) is 21.1 Å². The second kappa shape index (κ2) is 8.44. The summed E-state index contributed by atoms with van der Waals surface area (Å²) in [6.45, 7) is 4.75. The summed E-state index contributed by atoms with van der Waals surface area (Å²) in [6, 6.07) is 13.1. The number of aryl methyl sites for hydroxylation is 2. The van der Waals surface area contributed by atoms with E-state index in [2.05, 4.69) is 5.32 Å². The Morgan fingerprint density at radius 2 is 1.87 bits per heavy atom. The van der Waals surface area contributed by atoms with Crippen LogP contribution in [0.25, 0.3) is 0 Å². The van der Waals surface area contributed by atoms with E-state index in [0.29, 0.717) is 23.9 Å². The molecule has 0 aliphatic carbocycles. The minimum atomic E-state index is -0.213. The molecular formula is C18H20ClNO3. The highest BCUT2D eigenvalue weighted by molar-refractivity contribution is 6.32. The minimum absolute atomic E-state index is 0.0762. The van der Waals surface area contributed by atoms with E-state index in [0.717, 1.165) is 16.9 Å². The lowest BCUT2D eigenvalue weighted by Gasteiger charge is -2.11. The van der Waals surface area contributed by atoms with Gasteiger partial charge >= 0.3 is 0 Å². The second-order valence-electron chi connectivity index (χ2n) is 5.19. The molecule has 0 spiro atoms. The van der Waals surface area contributed by atoms with Crippen LogP contribution in [0.15, 0.2) is 42.5 Å². The molecule has 2 aromatic carbocycles. The van der Waals surface area contributed by atoms with Crippen LogP contribution in [0.2, 0.25) is 5.02 Å². The first-order chi connectivity index (χ1) is 11.1. The molecule has 2 aromatic rings. The summed E-state index contributed by atoms with van der Waals surface area (Å²) in [5.41, 5.74) is 2.21. The van der Waals surface area contributed by atoms with Crippen LogP contribution in [-0.2, 0) is 4.79 Å². The molecule has 0 heterocycles. The summed E-state index contributed by atoms with van der Waals surface area (Å²) >= 11 is 5.95. The summed E-state index contributed by atoms with van der Waals surface area (Å²) < 4.78 is 11.0. The summed E-state index contributed by atoms with van der Waals surface area (Å²) in [5, 5.41) is 3.23. The molecule has 0 atom stereocenters. The van der Waals surface area contributed by atoms with Crippen LogP contribution in [0.3, 0.4) is 0 Å². The van der Waals surface area contributed by atoms with Crippen molar-refractivity contribution in [2.24, 2.45) is 0 Å². The van der Waals surface area contributed by atoms with Crippen LogP contribution in [0, 0.1) is 13.8 Å². The fourth-order valence-electron chi connectivity index (χ4n) is 1.97. The Balaban J connectivity index is 1.69. The van der Waals surface area contributed by atoms with Gasteiger partial charge in [-0.3, -0.25) is 4.79 Å². The minimum Gasteiger partial charge on any atom is -0.491 e. The van der Waals surface area contributed by atoms with Gasteiger partial charge in [-0.1, -0.05) is 35.9 Å². The molecule has 2 rings (SSSR count). The van der Waals surface area contributed by atoms with Gasteiger partial charge in [0.25, 0.3) is 5.91 Å². The van der Waals surface area contributed by atoms with Gasteiger partial charge in [0.05, 0.1) is 11.6 Å². The number of benzene rings is 2. The van der Waals surface area contributed by atoms with Crippen molar-refractivity contribution in [1.82, 2.24) is 5.32 Å². The van der Waals surface area contributed by atoms with Crippen LogP contribution < -0.4 is 14.8 Å². The first kappa shape index (κ1) is 17.2. The summed E-state index contributed by atoms with van der Waals surface area (Å²) in [4.78, 5) is 11.7. The maximum absolute atomic E-state index is 11.7. The van der Waals surface area contributed by atoms with Crippen molar-refractivity contribution in [3.63, 3.8) is 0 Å². The number of amides is 1. The fraction of sp³-hybridized carbons (Fsp3) is 0.278. The molecule has 122 valence electrons. The zero-order valence-corrected chi connectivity index (χ0v) is 14.0. The second-order valence-corrected chi connectivity index (χ2v) is 5.59. The van der Waals surface area contributed by atoms with Gasteiger partial charge in [-0.25, -0.2) is 0 Å². The third kappa shape index (κ3) is 5.49. The number of carbonyl (C=O) groups excluding carboxylic acids is 1. The molecule has 0 aromatic heterocycles.